The van der Waals surface area contributed by atoms with E-state index in [0.29, 0.717) is 6.04 Å². The topological polar surface area (TPSA) is 78.7 Å². The number of amides is 2. The van der Waals surface area contributed by atoms with Crippen molar-refractivity contribution < 1.29 is 9.59 Å². The van der Waals surface area contributed by atoms with Crippen LogP contribution in [0.5, 0.6) is 0 Å². The molecular weight excluding hydrogens is 303 g/mol. The first-order valence-electron chi connectivity index (χ1n) is 6.60. The molecule has 1 saturated heterocycles. The van der Waals surface area contributed by atoms with Gasteiger partial charge in [0, 0.05) is 19.1 Å². The zero-order valence-electron chi connectivity index (χ0n) is 12.1. The molecule has 8 heteroatoms. The minimum atomic E-state index is -0.289. The molecule has 2 amide bonds. The van der Waals surface area contributed by atoms with E-state index in [4.69, 9.17) is 5.73 Å². The van der Waals surface area contributed by atoms with Gasteiger partial charge in [-0.3, -0.25) is 14.5 Å². The Morgan fingerprint density at radius 2 is 1.90 bits per heavy atom. The molecule has 0 aromatic rings. The fourth-order valence-electron chi connectivity index (χ4n) is 2.36. The Kier molecular flexibility index (Phi) is 12.1. The van der Waals surface area contributed by atoms with Crippen LogP contribution in [0.1, 0.15) is 20.3 Å². The molecule has 0 saturated carbocycles. The number of halogens is 2. The van der Waals surface area contributed by atoms with E-state index in [9.17, 15) is 9.59 Å². The van der Waals surface area contributed by atoms with Gasteiger partial charge in [-0.2, -0.15) is 0 Å². The van der Waals surface area contributed by atoms with Crippen LogP contribution < -0.4 is 11.1 Å². The average molecular weight is 329 g/mol. The third-order valence-electron chi connectivity index (χ3n) is 3.47. The molecule has 0 aromatic heterocycles. The predicted molar refractivity (Wildman–Crippen MR) is 84.5 cm³/mol. The van der Waals surface area contributed by atoms with Crippen LogP contribution in [0.2, 0.25) is 0 Å². The van der Waals surface area contributed by atoms with Gasteiger partial charge in [0.15, 0.2) is 0 Å². The third-order valence-corrected chi connectivity index (χ3v) is 3.47. The quantitative estimate of drug-likeness (QED) is 0.710. The Bertz CT molecular complexity index is 301. The van der Waals surface area contributed by atoms with Gasteiger partial charge in [0.25, 0.3) is 0 Å². The van der Waals surface area contributed by atoms with Crippen LogP contribution in [0.3, 0.4) is 0 Å². The Hall–Kier alpha value is -0.560. The molecule has 0 spiro atoms. The number of likely N-dealkylation sites (N-methyl/N-ethyl adjacent to an activating group) is 1. The maximum absolute atomic E-state index is 11.9. The van der Waals surface area contributed by atoms with E-state index >= 15 is 0 Å². The van der Waals surface area contributed by atoms with Gasteiger partial charge in [0.1, 0.15) is 0 Å². The van der Waals surface area contributed by atoms with Crippen molar-refractivity contribution in [2.24, 2.45) is 5.73 Å². The van der Waals surface area contributed by atoms with Gasteiger partial charge in [0.05, 0.1) is 13.1 Å². The van der Waals surface area contributed by atoms with Crippen molar-refractivity contribution in [1.29, 1.82) is 0 Å². The van der Waals surface area contributed by atoms with Crippen LogP contribution in [-0.2, 0) is 9.59 Å². The molecule has 1 aliphatic rings. The van der Waals surface area contributed by atoms with Crippen molar-refractivity contribution in [3.8, 4) is 0 Å². The van der Waals surface area contributed by atoms with Crippen molar-refractivity contribution >= 4 is 36.6 Å². The molecule has 1 unspecified atom stereocenters. The summed E-state index contributed by atoms with van der Waals surface area (Å²) in [6, 6.07) is 0.453. The fraction of sp³-hybridized carbons (Fsp3) is 0.833. The fourth-order valence-corrected chi connectivity index (χ4v) is 2.36. The lowest BCUT2D eigenvalue weighted by Crippen LogP contribution is -2.43. The standard InChI is InChI=1S/C12H24N4O2.2ClH/c1-3-15(4-2)10-5-6-16(9-10)12(18)8-14-11(17)7-13;;/h10H,3-9,13H2,1-2H3,(H,14,17);2*1H. The van der Waals surface area contributed by atoms with E-state index < -0.39 is 0 Å². The molecule has 20 heavy (non-hydrogen) atoms. The molecular formula is C12H26Cl2N4O2. The van der Waals surface area contributed by atoms with Gasteiger partial charge in [-0.25, -0.2) is 0 Å². The number of hydrogen-bond acceptors (Lipinski definition) is 4. The van der Waals surface area contributed by atoms with Crippen molar-refractivity contribution in [2.75, 3.05) is 39.3 Å². The lowest BCUT2D eigenvalue weighted by atomic mass is 10.2. The van der Waals surface area contributed by atoms with Gasteiger partial charge < -0.3 is 16.0 Å². The second-order valence-corrected chi connectivity index (χ2v) is 4.48. The Morgan fingerprint density at radius 3 is 2.40 bits per heavy atom. The van der Waals surface area contributed by atoms with Crippen LogP contribution in [-0.4, -0.2) is 66.9 Å². The maximum Gasteiger partial charge on any atom is 0.242 e. The molecule has 1 rings (SSSR count). The van der Waals surface area contributed by atoms with Crippen molar-refractivity contribution in [3.63, 3.8) is 0 Å². The summed E-state index contributed by atoms with van der Waals surface area (Å²) in [4.78, 5) is 27.0. The first kappa shape index (κ1) is 21.7. The zero-order chi connectivity index (χ0) is 13.5. The first-order chi connectivity index (χ1) is 8.62. The molecule has 6 nitrogen and oxygen atoms in total. The normalized spacial score (nSPS) is 17.4. The number of likely N-dealkylation sites (tertiary alicyclic amines) is 1. The lowest BCUT2D eigenvalue weighted by Gasteiger charge is -2.26. The summed E-state index contributed by atoms with van der Waals surface area (Å²) in [5, 5.41) is 2.51. The molecule has 0 radical (unpaired) electrons. The Labute approximate surface area is 133 Å². The van der Waals surface area contributed by atoms with Gasteiger partial charge in [-0.1, -0.05) is 13.8 Å². The number of carbonyl (C=O) groups is 2. The van der Waals surface area contributed by atoms with E-state index in [-0.39, 0.29) is 49.7 Å². The van der Waals surface area contributed by atoms with Gasteiger partial charge in [-0.05, 0) is 19.5 Å². The zero-order valence-corrected chi connectivity index (χ0v) is 13.8. The minimum Gasteiger partial charge on any atom is -0.346 e. The van der Waals surface area contributed by atoms with Crippen LogP contribution in [0.4, 0.5) is 0 Å². The largest absolute Gasteiger partial charge is 0.346 e. The maximum atomic E-state index is 11.9. The summed E-state index contributed by atoms with van der Waals surface area (Å²) in [7, 11) is 0. The molecule has 0 aliphatic carbocycles. The van der Waals surface area contributed by atoms with Gasteiger partial charge in [0.2, 0.25) is 11.8 Å². The summed E-state index contributed by atoms with van der Waals surface area (Å²) in [5.41, 5.74) is 5.17. The molecule has 0 aromatic carbocycles. The number of nitrogens with two attached hydrogens (primary N) is 1. The lowest BCUT2D eigenvalue weighted by molar-refractivity contribution is -0.131. The highest BCUT2D eigenvalue weighted by Gasteiger charge is 2.28. The molecule has 1 fully saturated rings. The van der Waals surface area contributed by atoms with Crippen LogP contribution in [0.15, 0.2) is 0 Å². The molecule has 1 heterocycles. The summed E-state index contributed by atoms with van der Waals surface area (Å²) in [5.74, 6) is -0.311. The molecule has 1 aliphatic heterocycles. The average Bonchev–Trinajstić information content (AvgIpc) is 2.86. The van der Waals surface area contributed by atoms with Crippen molar-refractivity contribution in [2.45, 2.75) is 26.3 Å². The molecule has 3 N–H and O–H groups in total. The summed E-state index contributed by atoms with van der Waals surface area (Å²) < 4.78 is 0. The number of nitrogens with zero attached hydrogens (tertiary/aromatic N) is 2. The van der Waals surface area contributed by atoms with Crippen molar-refractivity contribution in [1.82, 2.24) is 15.1 Å². The Morgan fingerprint density at radius 1 is 1.30 bits per heavy atom. The number of hydrogen-bond donors (Lipinski definition) is 2. The minimum absolute atomic E-state index is 0. The monoisotopic (exact) mass is 328 g/mol. The van der Waals surface area contributed by atoms with Gasteiger partial charge in [-0.15, -0.1) is 24.8 Å². The van der Waals surface area contributed by atoms with Gasteiger partial charge >= 0.3 is 0 Å². The second kappa shape index (κ2) is 11.1. The van der Waals surface area contributed by atoms with Crippen LogP contribution in [0.25, 0.3) is 0 Å². The first-order valence-corrected chi connectivity index (χ1v) is 6.60. The second-order valence-electron chi connectivity index (χ2n) is 4.48. The number of rotatable bonds is 6. The molecule has 0 bridgehead atoms. The van der Waals surface area contributed by atoms with E-state index in [1.54, 1.807) is 0 Å². The summed E-state index contributed by atoms with van der Waals surface area (Å²) >= 11 is 0. The molecule has 120 valence electrons. The van der Waals surface area contributed by atoms with Crippen molar-refractivity contribution in [3.05, 3.63) is 0 Å². The van der Waals surface area contributed by atoms with E-state index in [0.717, 1.165) is 32.6 Å². The Balaban J connectivity index is 0. The smallest absolute Gasteiger partial charge is 0.242 e. The highest BCUT2D eigenvalue weighted by Crippen LogP contribution is 2.15. The highest BCUT2D eigenvalue weighted by molar-refractivity contribution is 5.86. The van der Waals surface area contributed by atoms with E-state index in [1.165, 1.54) is 0 Å². The SMILES string of the molecule is CCN(CC)C1CCN(C(=O)CNC(=O)CN)C1.Cl.Cl. The predicted octanol–water partition coefficient (Wildman–Crippen LogP) is -0.152. The summed E-state index contributed by atoms with van der Waals surface area (Å²) in [6.07, 6.45) is 1.01. The highest BCUT2D eigenvalue weighted by atomic mass is 35.5. The summed E-state index contributed by atoms with van der Waals surface area (Å²) in [6.45, 7) is 7.80. The van der Waals surface area contributed by atoms with E-state index in [2.05, 4.69) is 24.1 Å². The number of carbonyl (C=O) groups excluding carboxylic acids is 2. The van der Waals surface area contributed by atoms with E-state index in [1.807, 2.05) is 4.90 Å². The third kappa shape index (κ3) is 6.26. The van der Waals surface area contributed by atoms with Crippen LogP contribution >= 0.6 is 24.8 Å². The number of nitrogens with one attached hydrogen (secondary N) is 1. The van der Waals surface area contributed by atoms with Crippen LogP contribution in [0, 0.1) is 0 Å². The molecule has 1 atom stereocenters.